The van der Waals surface area contributed by atoms with Gasteiger partial charge in [-0.05, 0) is 19.0 Å². The SMILES string of the molecule is CCN1CC(NC(=O)c2cc(Cl)c(N)cc2OC)CC1CO. The standard InChI is InChI=1S/C15H22ClN3O3/c1-3-19-7-9(4-10(19)8-20)18-15(21)11-5-12(16)13(17)6-14(11)22-2/h5-6,9-10,20H,3-4,7-8,17H2,1-2H3,(H,18,21). The summed E-state index contributed by atoms with van der Waals surface area (Å²) in [5.74, 6) is 0.141. The summed E-state index contributed by atoms with van der Waals surface area (Å²) in [4.78, 5) is 14.6. The number of aliphatic hydroxyl groups is 1. The number of anilines is 1. The van der Waals surface area contributed by atoms with Crippen LogP contribution >= 0.6 is 11.6 Å². The quantitative estimate of drug-likeness (QED) is 0.705. The van der Waals surface area contributed by atoms with Crippen LogP contribution in [0.25, 0.3) is 0 Å². The average molecular weight is 328 g/mol. The summed E-state index contributed by atoms with van der Waals surface area (Å²) in [5, 5.41) is 12.7. The van der Waals surface area contributed by atoms with E-state index in [1.807, 2.05) is 6.92 Å². The van der Waals surface area contributed by atoms with Crippen LogP contribution < -0.4 is 15.8 Å². The van der Waals surface area contributed by atoms with Gasteiger partial charge in [-0.1, -0.05) is 18.5 Å². The number of hydrogen-bond acceptors (Lipinski definition) is 5. The number of methoxy groups -OCH3 is 1. The normalized spacial score (nSPS) is 21.8. The first-order valence-corrected chi connectivity index (χ1v) is 7.66. The molecule has 122 valence electrons. The van der Waals surface area contributed by atoms with Gasteiger partial charge in [0.25, 0.3) is 5.91 Å². The third-order valence-corrected chi connectivity index (χ3v) is 4.37. The Morgan fingerprint density at radius 3 is 2.86 bits per heavy atom. The summed E-state index contributed by atoms with van der Waals surface area (Å²) in [6.07, 6.45) is 0.723. The highest BCUT2D eigenvalue weighted by Gasteiger charge is 2.32. The van der Waals surface area contributed by atoms with Crippen molar-refractivity contribution in [2.75, 3.05) is 32.5 Å². The molecular weight excluding hydrogens is 306 g/mol. The van der Waals surface area contributed by atoms with Gasteiger partial charge in [-0.3, -0.25) is 9.69 Å². The van der Waals surface area contributed by atoms with Crippen LogP contribution in [0.5, 0.6) is 5.75 Å². The lowest BCUT2D eigenvalue weighted by atomic mass is 10.1. The van der Waals surface area contributed by atoms with Crippen molar-refractivity contribution in [2.45, 2.75) is 25.4 Å². The van der Waals surface area contributed by atoms with Gasteiger partial charge in [0.15, 0.2) is 0 Å². The third-order valence-electron chi connectivity index (χ3n) is 4.04. The van der Waals surface area contributed by atoms with E-state index in [9.17, 15) is 9.90 Å². The summed E-state index contributed by atoms with van der Waals surface area (Å²) in [6, 6.07) is 3.14. The first-order chi connectivity index (χ1) is 10.5. The molecule has 1 aliphatic heterocycles. The minimum absolute atomic E-state index is 0.00867. The second kappa shape index (κ2) is 7.17. The van der Waals surface area contributed by atoms with Crippen LogP contribution in [0.1, 0.15) is 23.7 Å². The molecular formula is C15H22ClN3O3. The summed E-state index contributed by atoms with van der Waals surface area (Å²) in [6.45, 7) is 3.69. The van der Waals surface area contributed by atoms with Crippen molar-refractivity contribution < 1.29 is 14.6 Å². The zero-order valence-corrected chi connectivity index (χ0v) is 13.6. The zero-order valence-electron chi connectivity index (χ0n) is 12.8. The van der Waals surface area contributed by atoms with Crippen molar-refractivity contribution in [1.82, 2.24) is 10.2 Å². The van der Waals surface area contributed by atoms with Gasteiger partial charge in [-0.15, -0.1) is 0 Å². The molecule has 1 heterocycles. The van der Waals surface area contributed by atoms with Gasteiger partial charge in [-0.25, -0.2) is 0 Å². The Bertz CT molecular complexity index is 541. The Kier molecular flexibility index (Phi) is 5.50. The number of amides is 1. The lowest BCUT2D eigenvalue weighted by Gasteiger charge is -2.19. The van der Waals surface area contributed by atoms with Gasteiger partial charge in [0.05, 0.1) is 30.0 Å². The molecule has 1 aromatic rings. The fraction of sp³-hybridized carbons (Fsp3) is 0.533. The Labute approximate surface area is 135 Å². The Balaban J connectivity index is 2.12. The van der Waals surface area contributed by atoms with Crippen molar-refractivity contribution >= 4 is 23.2 Å². The van der Waals surface area contributed by atoms with Crippen LogP contribution in [-0.4, -0.2) is 54.8 Å². The molecule has 1 saturated heterocycles. The average Bonchev–Trinajstić information content (AvgIpc) is 2.91. The van der Waals surface area contributed by atoms with E-state index in [1.165, 1.54) is 13.2 Å². The van der Waals surface area contributed by atoms with E-state index in [-0.39, 0.29) is 24.6 Å². The number of nitrogens with two attached hydrogens (primary N) is 1. The molecule has 6 nitrogen and oxygen atoms in total. The maximum atomic E-state index is 12.5. The number of aliphatic hydroxyl groups excluding tert-OH is 1. The number of carbonyl (C=O) groups excluding carboxylic acids is 1. The fourth-order valence-electron chi connectivity index (χ4n) is 2.84. The number of likely N-dealkylation sites (N-methyl/N-ethyl adjacent to an activating group) is 1. The first-order valence-electron chi connectivity index (χ1n) is 7.28. The van der Waals surface area contributed by atoms with E-state index in [4.69, 9.17) is 22.1 Å². The van der Waals surface area contributed by atoms with Crippen LogP contribution in [0.4, 0.5) is 5.69 Å². The Morgan fingerprint density at radius 2 is 2.32 bits per heavy atom. The van der Waals surface area contributed by atoms with E-state index >= 15 is 0 Å². The smallest absolute Gasteiger partial charge is 0.255 e. The number of hydrogen-bond donors (Lipinski definition) is 3. The molecule has 0 saturated carbocycles. The van der Waals surface area contributed by atoms with Gasteiger partial charge in [-0.2, -0.15) is 0 Å². The van der Waals surface area contributed by atoms with E-state index in [1.54, 1.807) is 6.07 Å². The largest absolute Gasteiger partial charge is 0.496 e. The molecule has 1 aromatic carbocycles. The molecule has 4 N–H and O–H groups in total. The van der Waals surface area contributed by atoms with Gasteiger partial charge in [0.2, 0.25) is 0 Å². The molecule has 1 fully saturated rings. The van der Waals surface area contributed by atoms with Crippen molar-refractivity contribution in [1.29, 1.82) is 0 Å². The molecule has 0 radical (unpaired) electrons. The number of nitrogens with zero attached hydrogens (tertiary/aromatic N) is 1. The topological polar surface area (TPSA) is 87.8 Å². The van der Waals surface area contributed by atoms with Crippen molar-refractivity contribution in [3.05, 3.63) is 22.7 Å². The van der Waals surface area contributed by atoms with E-state index in [0.717, 1.165) is 19.5 Å². The van der Waals surface area contributed by atoms with Gasteiger partial charge >= 0.3 is 0 Å². The van der Waals surface area contributed by atoms with E-state index in [2.05, 4.69) is 10.2 Å². The minimum Gasteiger partial charge on any atom is -0.496 e. The van der Waals surface area contributed by atoms with Gasteiger partial charge in [0.1, 0.15) is 5.75 Å². The molecule has 2 atom stereocenters. The summed E-state index contributed by atoms with van der Waals surface area (Å²) < 4.78 is 5.20. The Morgan fingerprint density at radius 1 is 1.59 bits per heavy atom. The lowest BCUT2D eigenvalue weighted by molar-refractivity contribution is 0.0935. The number of halogens is 1. The first kappa shape index (κ1) is 16.9. The van der Waals surface area contributed by atoms with Crippen molar-refractivity contribution in [2.24, 2.45) is 0 Å². The van der Waals surface area contributed by atoms with Gasteiger partial charge < -0.3 is 20.9 Å². The number of carbonyl (C=O) groups is 1. The van der Waals surface area contributed by atoms with Crippen LogP contribution in [0.3, 0.4) is 0 Å². The molecule has 0 aromatic heterocycles. The number of ether oxygens (including phenoxy) is 1. The van der Waals surface area contributed by atoms with Gasteiger partial charge in [0, 0.05) is 24.7 Å². The monoisotopic (exact) mass is 327 g/mol. The van der Waals surface area contributed by atoms with Crippen molar-refractivity contribution in [3.8, 4) is 5.75 Å². The van der Waals surface area contributed by atoms with Crippen LogP contribution in [0.2, 0.25) is 5.02 Å². The van der Waals surface area contributed by atoms with E-state index < -0.39 is 0 Å². The van der Waals surface area contributed by atoms with E-state index in [0.29, 0.717) is 22.0 Å². The maximum Gasteiger partial charge on any atom is 0.255 e. The fourth-order valence-corrected chi connectivity index (χ4v) is 3.01. The highest BCUT2D eigenvalue weighted by molar-refractivity contribution is 6.33. The number of rotatable bonds is 5. The Hall–Kier alpha value is -1.50. The number of benzene rings is 1. The molecule has 22 heavy (non-hydrogen) atoms. The predicted molar refractivity (Wildman–Crippen MR) is 86.4 cm³/mol. The highest BCUT2D eigenvalue weighted by atomic mass is 35.5. The van der Waals surface area contributed by atoms with Crippen LogP contribution in [-0.2, 0) is 0 Å². The summed E-state index contributed by atoms with van der Waals surface area (Å²) >= 11 is 5.99. The van der Waals surface area contributed by atoms with Crippen LogP contribution in [0, 0.1) is 0 Å². The second-order valence-corrected chi connectivity index (χ2v) is 5.81. The molecule has 0 bridgehead atoms. The highest BCUT2D eigenvalue weighted by Crippen LogP contribution is 2.29. The predicted octanol–water partition coefficient (Wildman–Crippen LogP) is 1.12. The summed E-state index contributed by atoms with van der Waals surface area (Å²) in [7, 11) is 1.48. The van der Waals surface area contributed by atoms with Crippen LogP contribution in [0.15, 0.2) is 12.1 Å². The third kappa shape index (κ3) is 3.45. The molecule has 1 aliphatic rings. The number of nitrogen functional groups attached to an aromatic ring is 1. The minimum atomic E-state index is -0.251. The molecule has 2 unspecified atom stereocenters. The number of likely N-dealkylation sites (tertiary alicyclic amines) is 1. The summed E-state index contributed by atoms with van der Waals surface area (Å²) in [5.41, 5.74) is 6.45. The molecule has 1 amide bonds. The zero-order chi connectivity index (χ0) is 16.3. The molecule has 7 heteroatoms. The molecule has 2 rings (SSSR count). The molecule has 0 aliphatic carbocycles. The lowest BCUT2D eigenvalue weighted by Crippen LogP contribution is -2.37. The molecule has 0 spiro atoms. The maximum absolute atomic E-state index is 12.5. The van der Waals surface area contributed by atoms with Crippen molar-refractivity contribution in [3.63, 3.8) is 0 Å². The second-order valence-electron chi connectivity index (χ2n) is 5.40. The number of nitrogens with one attached hydrogen (secondary N) is 1.